The third kappa shape index (κ3) is 4.02. The van der Waals surface area contributed by atoms with Gasteiger partial charge in [0.15, 0.2) is 0 Å². The summed E-state index contributed by atoms with van der Waals surface area (Å²) in [5, 5.41) is 6.60. The van der Waals surface area contributed by atoms with E-state index in [1.54, 1.807) is 12.1 Å². The molecule has 3 N–H and O–H groups in total. The number of aromatic amines is 1. The monoisotopic (exact) mass is 440 g/mol. The smallest absolute Gasteiger partial charge is 0.256 e. The SMILES string of the molecule is CCN(CC)CCNC(=O)c1c(C)[nH]c2c1CCC/C2=C1/C(=O)Nc2cc(Cl)ccc21. The van der Waals surface area contributed by atoms with Crippen LogP contribution in [-0.4, -0.2) is 47.9 Å². The zero-order valence-electron chi connectivity index (χ0n) is 18.3. The second kappa shape index (κ2) is 8.89. The molecule has 0 saturated carbocycles. The van der Waals surface area contributed by atoms with Crippen molar-refractivity contribution in [2.24, 2.45) is 0 Å². The Morgan fingerprint density at radius 1 is 1.23 bits per heavy atom. The molecule has 2 heterocycles. The van der Waals surface area contributed by atoms with Crippen molar-refractivity contribution < 1.29 is 9.59 Å². The highest BCUT2D eigenvalue weighted by Crippen LogP contribution is 2.43. The average molecular weight is 441 g/mol. The zero-order valence-corrected chi connectivity index (χ0v) is 19.1. The highest BCUT2D eigenvalue weighted by Gasteiger charge is 2.33. The maximum absolute atomic E-state index is 13.0. The molecular formula is C24H29ClN4O2. The lowest BCUT2D eigenvalue weighted by Crippen LogP contribution is -2.35. The average Bonchev–Trinajstić information content (AvgIpc) is 3.25. The molecule has 0 atom stereocenters. The molecule has 2 aliphatic rings. The van der Waals surface area contributed by atoms with Gasteiger partial charge in [0.05, 0.1) is 16.8 Å². The Kier molecular flexibility index (Phi) is 6.21. The molecular weight excluding hydrogens is 412 g/mol. The fraction of sp³-hybridized carbons (Fsp3) is 0.417. The summed E-state index contributed by atoms with van der Waals surface area (Å²) >= 11 is 6.10. The number of likely N-dealkylation sites (N-methyl/N-ethyl adjacent to an activating group) is 1. The van der Waals surface area contributed by atoms with Crippen LogP contribution in [0.4, 0.5) is 5.69 Å². The lowest BCUT2D eigenvalue weighted by Gasteiger charge is -2.19. The molecule has 0 saturated heterocycles. The maximum Gasteiger partial charge on any atom is 0.256 e. The molecule has 1 aliphatic carbocycles. The summed E-state index contributed by atoms with van der Waals surface area (Å²) in [5.41, 5.74) is 6.78. The minimum absolute atomic E-state index is 0.0449. The van der Waals surface area contributed by atoms with Crippen LogP contribution in [0, 0.1) is 6.92 Å². The van der Waals surface area contributed by atoms with Crippen LogP contribution in [0.1, 0.15) is 59.6 Å². The van der Waals surface area contributed by atoms with E-state index >= 15 is 0 Å². The van der Waals surface area contributed by atoms with Crippen LogP contribution in [-0.2, 0) is 11.2 Å². The summed E-state index contributed by atoms with van der Waals surface area (Å²) in [6, 6.07) is 5.48. The summed E-state index contributed by atoms with van der Waals surface area (Å²) in [6.07, 6.45) is 2.52. The van der Waals surface area contributed by atoms with E-state index < -0.39 is 0 Å². The summed E-state index contributed by atoms with van der Waals surface area (Å²) in [4.78, 5) is 31.6. The number of benzene rings is 1. The Balaban J connectivity index is 1.67. The molecule has 164 valence electrons. The van der Waals surface area contributed by atoms with Gasteiger partial charge in [-0.1, -0.05) is 31.5 Å². The Labute approximate surface area is 188 Å². The van der Waals surface area contributed by atoms with Crippen LogP contribution in [0.2, 0.25) is 5.02 Å². The van der Waals surface area contributed by atoms with Crippen LogP contribution in [0.15, 0.2) is 18.2 Å². The molecule has 1 aliphatic heterocycles. The van der Waals surface area contributed by atoms with E-state index in [0.29, 0.717) is 17.1 Å². The summed E-state index contributed by atoms with van der Waals surface area (Å²) < 4.78 is 0. The number of carbonyl (C=O) groups excluding carboxylic acids is 2. The number of aryl methyl sites for hydroxylation is 1. The highest BCUT2D eigenvalue weighted by molar-refractivity contribution is 6.38. The van der Waals surface area contributed by atoms with Crippen molar-refractivity contribution in [3.05, 3.63) is 51.3 Å². The molecule has 2 amide bonds. The van der Waals surface area contributed by atoms with Crippen LogP contribution in [0.3, 0.4) is 0 Å². The first-order chi connectivity index (χ1) is 14.9. The van der Waals surface area contributed by atoms with E-state index in [-0.39, 0.29) is 11.8 Å². The fourth-order valence-electron chi connectivity index (χ4n) is 4.71. The molecule has 0 unspecified atom stereocenters. The minimum atomic E-state index is -0.113. The number of nitrogens with one attached hydrogen (secondary N) is 3. The maximum atomic E-state index is 13.0. The minimum Gasteiger partial charge on any atom is -0.358 e. The van der Waals surface area contributed by atoms with E-state index in [1.807, 2.05) is 13.0 Å². The van der Waals surface area contributed by atoms with E-state index in [2.05, 4.69) is 34.4 Å². The van der Waals surface area contributed by atoms with Crippen molar-refractivity contribution in [3.8, 4) is 0 Å². The first-order valence-electron chi connectivity index (χ1n) is 11.0. The number of carbonyl (C=O) groups is 2. The Bertz CT molecular complexity index is 1070. The van der Waals surface area contributed by atoms with Crippen LogP contribution in [0.25, 0.3) is 11.1 Å². The van der Waals surface area contributed by atoms with Gasteiger partial charge >= 0.3 is 0 Å². The summed E-state index contributed by atoms with van der Waals surface area (Å²) in [7, 11) is 0. The normalized spacial score (nSPS) is 17.5. The molecule has 0 bridgehead atoms. The molecule has 6 nitrogen and oxygen atoms in total. The van der Waals surface area contributed by atoms with Gasteiger partial charge in [0.25, 0.3) is 11.8 Å². The molecule has 1 aromatic carbocycles. The van der Waals surface area contributed by atoms with Crippen molar-refractivity contribution in [2.75, 3.05) is 31.5 Å². The number of anilines is 1. The van der Waals surface area contributed by atoms with Gasteiger partial charge in [0.1, 0.15) is 0 Å². The molecule has 2 aromatic rings. The van der Waals surface area contributed by atoms with Crippen molar-refractivity contribution in [2.45, 2.75) is 40.0 Å². The molecule has 0 spiro atoms. The number of H-pyrrole nitrogens is 1. The summed E-state index contributed by atoms with van der Waals surface area (Å²) in [5.74, 6) is -0.158. The van der Waals surface area contributed by atoms with Crippen molar-refractivity contribution >= 4 is 40.2 Å². The van der Waals surface area contributed by atoms with Gasteiger partial charge < -0.3 is 20.5 Å². The number of amides is 2. The van der Waals surface area contributed by atoms with E-state index in [0.717, 1.165) is 78.2 Å². The van der Waals surface area contributed by atoms with Crippen molar-refractivity contribution in [1.82, 2.24) is 15.2 Å². The predicted molar refractivity (Wildman–Crippen MR) is 125 cm³/mol. The molecule has 0 fully saturated rings. The van der Waals surface area contributed by atoms with Crippen LogP contribution in [0.5, 0.6) is 0 Å². The zero-order chi connectivity index (χ0) is 22.1. The topological polar surface area (TPSA) is 77.2 Å². The second-order valence-corrected chi connectivity index (χ2v) is 8.55. The van der Waals surface area contributed by atoms with Gasteiger partial charge in [-0.15, -0.1) is 0 Å². The first-order valence-corrected chi connectivity index (χ1v) is 11.4. The number of hydrogen-bond donors (Lipinski definition) is 3. The Morgan fingerprint density at radius 3 is 2.74 bits per heavy atom. The largest absolute Gasteiger partial charge is 0.358 e. The van der Waals surface area contributed by atoms with Gasteiger partial charge in [-0.25, -0.2) is 0 Å². The third-order valence-electron chi connectivity index (χ3n) is 6.31. The van der Waals surface area contributed by atoms with Crippen molar-refractivity contribution in [3.63, 3.8) is 0 Å². The number of allylic oxidation sites excluding steroid dienone is 1. The van der Waals surface area contributed by atoms with Gasteiger partial charge in [-0.05, 0) is 62.5 Å². The van der Waals surface area contributed by atoms with Gasteiger partial charge in [-0.3, -0.25) is 9.59 Å². The summed E-state index contributed by atoms with van der Waals surface area (Å²) in [6.45, 7) is 9.57. The highest BCUT2D eigenvalue weighted by atomic mass is 35.5. The van der Waals surface area contributed by atoms with E-state index in [1.165, 1.54) is 0 Å². The molecule has 0 radical (unpaired) electrons. The number of halogens is 1. The second-order valence-electron chi connectivity index (χ2n) is 8.11. The number of aromatic nitrogens is 1. The Morgan fingerprint density at radius 2 is 2.00 bits per heavy atom. The molecule has 1 aromatic heterocycles. The lowest BCUT2D eigenvalue weighted by atomic mass is 9.86. The molecule has 4 rings (SSSR count). The van der Waals surface area contributed by atoms with E-state index in [4.69, 9.17) is 11.6 Å². The van der Waals surface area contributed by atoms with Crippen molar-refractivity contribution in [1.29, 1.82) is 0 Å². The van der Waals surface area contributed by atoms with Crippen LogP contribution < -0.4 is 10.6 Å². The predicted octanol–water partition coefficient (Wildman–Crippen LogP) is 4.25. The number of rotatable bonds is 6. The van der Waals surface area contributed by atoms with Gasteiger partial charge in [0, 0.05) is 35.1 Å². The van der Waals surface area contributed by atoms with Gasteiger partial charge in [-0.2, -0.15) is 0 Å². The number of hydrogen-bond acceptors (Lipinski definition) is 3. The molecule has 31 heavy (non-hydrogen) atoms. The fourth-order valence-corrected chi connectivity index (χ4v) is 4.88. The number of fused-ring (bicyclic) bond motifs is 2. The Hall–Kier alpha value is -2.57. The number of nitrogens with zero attached hydrogens (tertiary/aromatic N) is 1. The third-order valence-corrected chi connectivity index (χ3v) is 6.54. The standard InChI is InChI=1S/C24H29ClN4O2/c1-4-29(5-2)12-11-26-23(30)20-14(3)27-22-17(20)7-6-8-18(22)21-16-10-9-15(25)13-19(16)28-24(21)31/h9-10,13,27H,4-8,11-12H2,1-3H3,(H,26,30)(H,28,31)/b21-18-. The van der Waals surface area contributed by atoms with Gasteiger partial charge in [0.2, 0.25) is 0 Å². The molecule has 7 heteroatoms. The lowest BCUT2D eigenvalue weighted by molar-refractivity contribution is -0.110. The first kappa shape index (κ1) is 21.7. The van der Waals surface area contributed by atoms with E-state index in [9.17, 15) is 9.59 Å². The quantitative estimate of drug-likeness (QED) is 0.588. The van der Waals surface area contributed by atoms with Crippen LogP contribution >= 0.6 is 11.6 Å².